The fourth-order valence-electron chi connectivity index (χ4n) is 3.79. The van der Waals surface area contributed by atoms with E-state index in [1.165, 1.54) is 4.90 Å². The van der Waals surface area contributed by atoms with E-state index in [4.69, 9.17) is 0 Å². The molecule has 0 saturated carbocycles. The number of carbonyl (C=O) groups is 2. The van der Waals surface area contributed by atoms with E-state index < -0.39 is 12.1 Å². The fourth-order valence-corrected chi connectivity index (χ4v) is 4.60. The predicted molar refractivity (Wildman–Crippen MR) is 119 cm³/mol. The van der Waals surface area contributed by atoms with Gasteiger partial charge in [-0.3, -0.25) is 9.59 Å². The van der Waals surface area contributed by atoms with Crippen LogP contribution in [0.3, 0.4) is 0 Å². The molecular weight excluding hydrogens is 398 g/mol. The van der Waals surface area contributed by atoms with Gasteiger partial charge in [0.05, 0.1) is 28.2 Å². The third-order valence-corrected chi connectivity index (χ3v) is 6.34. The van der Waals surface area contributed by atoms with Gasteiger partial charge in [-0.05, 0) is 30.4 Å². The smallest absolute Gasteiger partial charge is 0.243 e. The lowest BCUT2D eigenvalue weighted by Crippen LogP contribution is -2.47. The summed E-state index contributed by atoms with van der Waals surface area (Å²) in [4.78, 5) is 32.6. The first-order valence-electron chi connectivity index (χ1n) is 10.3. The molecule has 0 radical (unpaired) electrons. The van der Waals surface area contributed by atoms with Gasteiger partial charge >= 0.3 is 0 Å². The molecule has 2 aromatic rings. The zero-order valence-electron chi connectivity index (χ0n) is 18.3. The van der Waals surface area contributed by atoms with Crippen molar-refractivity contribution in [3.8, 4) is 10.4 Å². The van der Waals surface area contributed by atoms with Crippen LogP contribution in [-0.4, -0.2) is 45.5 Å². The van der Waals surface area contributed by atoms with Gasteiger partial charge in [-0.1, -0.05) is 45.0 Å². The topological polar surface area (TPSA) is 82.5 Å². The summed E-state index contributed by atoms with van der Waals surface area (Å²) in [5, 5.41) is 13.1. The predicted octanol–water partition coefficient (Wildman–Crippen LogP) is 3.69. The van der Waals surface area contributed by atoms with Crippen molar-refractivity contribution in [1.82, 2.24) is 15.2 Å². The second-order valence-electron chi connectivity index (χ2n) is 9.31. The van der Waals surface area contributed by atoms with Crippen molar-refractivity contribution >= 4 is 23.2 Å². The summed E-state index contributed by atoms with van der Waals surface area (Å²) >= 11 is 1.61. The van der Waals surface area contributed by atoms with Crippen LogP contribution in [0, 0.1) is 12.3 Å². The first-order valence-corrected chi connectivity index (χ1v) is 11.2. The van der Waals surface area contributed by atoms with E-state index in [0.717, 1.165) is 21.7 Å². The Hall–Kier alpha value is -2.25. The number of amides is 2. The number of aromatic nitrogens is 1. The van der Waals surface area contributed by atoms with Gasteiger partial charge in [0.1, 0.15) is 6.04 Å². The lowest BCUT2D eigenvalue weighted by atomic mass is 9.91. The Labute approximate surface area is 182 Å². The molecule has 1 aromatic heterocycles. The number of benzene rings is 1. The normalized spacial score (nSPS) is 20.3. The number of aliphatic hydroxyl groups is 1. The third-order valence-electron chi connectivity index (χ3n) is 5.36. The highest BCUT2D eigenvalue weighted by Gasteiger charge is 2.39. The number of aliphatic hydroxyl groups excluding tert-OH is 1. The Morgan fingerprint density at radius 3 is 2.53 bits per heavy atom. The Morgan fingerprint density at radius 2 is 1.97 bits per heavy atom. The van der Waals surface area contributed by atoms with E-state index in [2.05, 4.69) is 10.3 Å². The highest BCUT2D eigenvalue weighted by Crippen LogP contribution is 2.29. The minimum absolute atomic E-state index is 0.0869. The molecule has 6 nitrogen and oxygen atoms in total. The summed E-state index contributed by atoms with van der Waals surface area (Å²) in [6.45, 7) is 10.1. The SMILES string of the molecule is Cc1ncsc1-c1ccc([C@H](C)NC(=O)[C@@H]2C[C@H](O)CN2C(=O)CC(C)(C)C)cc1. The summed E-state index contributed by atoms with van der Waals surface area (Å²) in [6, 6.07) is 7.26. The third kappa shape index (κ3) is 5.26. The van der Waals surface area contributed by atoms with Gasteiger partial charge in [0.2, 0.25) is 11.8 Å². The Morgan fingerprint density at radius 1 is 1.30 bits per heavy atom. The maximum Gasteiger partial charge on any atom is 0.243 e. The van der Waals surface area contributed by atoms with E-state index in [-0.39, 0.29) is 36.2 Å². The van der Waals surface area contributed by atoms with Crippen molar-refractivity contribution in [3.63, 3.8) is 0 Å². The maximum atomic E-state index is 12.9. The second kappa shape index (κ2) is 8.86. The standard InChI is InChI=1S/C23H31N3O3S/c1-14(16-6-8-17(9-7-16)21-15(2)24-13-30-21)25-22(29)19-10-18(27)12-26(19)20(28)11-23(3,4)5/h6-9,13-14,18-19,27H,10-12H2,1-5H3,(H,25,29)/t14-,18-,19-/m0/s1. The zero-order chi connectivity index (χ0) is 22.1. The van der Waals surface area contributed by atoms with E-state index in [0.29, 0.717) is 6.42 Å². The molecule has 3 rings (SSSR count). The first kappa shape index (κ1) is 22.4. The molecule has 2 heterocycles. The van der Waals surface area contributed by atoms with Crippen LogP contribution in [0.15, 0.2) is 29.8 Å². The average molecular weight is 430 g/mol. The van der Waals surface area contributed by atoms with Crippen molar-refractivity contribution < 1.29 is 14.7 Å². The number of nitrogens with one attached hydrogen (secondary N) is 1. The Kier molecular flexibility index (Phi) is 6.62. The summed E-state index contributed by atoms with van der Waals surface area (Å²) in [6.07, 6.45) is -0.0443. The molecule has 1 saturated heterocycles. The van der Waals surface area contributed by atoms with Crippen molar-refractivity contribution in [2.45, 2.75) is 65.6 Å². The summed E-state index contributed by atoms with van der Waals surface area (Å²) in [5.41, 5.74) is 4.77. The van der Waals surface area contributed by atoms with E-state index >= 15 is 0 Å². The Balaban J connectivity index is 1.66. The number of nitrogens with zero attached hydrogens (tertiary/aromatic N) is 2. The number of aryl methyl sites for hydroxylation is 1. The molecule has 7 heteroatoms. The molecule has 0 spiro atoms. The van der Waals surface area contributed by atoms with Gasteiger partial charge in [0.15, 0.2) is 0 Å². The second-order valence-corrected chi connectivity index (χ2v) is 10.2. The van der Waals surface area contributed by atoms with Gasteiger partial charge < -0.3 is 15.3 Å². The van der Waals surface area contributed by atoms with Crippen LogP contribution in [0.2, 0.25) is 0 Å². The minimum atomic E-state index is -0.665. The largest absolute Gasteiger partial charge is 0.391 e. The number of carbonyl (C=O) groups excluding carboxylic acids is 2. The van der Waals surface area contributed by atoms with Gasteiger partial charge in [-0.15, -0.1) is 11.3 Å². The van der Waals surface area contributed by atoms with E-state index in [9.17, 15) is 14.7 Å². The van der Waals surface area contributed by atoms with Crippen molar-refractivity contribution in [2.24, 2.45) is 5.41 Å². The van der Waals surface area contributed by atoms with Crippen LogP contribution < -0.4 is 5.32 Å². The molecule has 0 aliphatic carbocycles. The van der Waals surface area contributed by atoms with Crippen LogP contribution in [-0.2, 0) is 9.59 Å². The molecule has 0 unspecified atom stereocenters. The molecule has 1 aliphatic rings. The number of thiazole rings is 1. The molecule has 1 fully saturated rings. The monoisotopic (exact) mass is 429 g/mol. The van der Waals surface area contributed by atoms with E-state index in [1.807, 2.05) is 64.4 Å². The lowest BCUT2D eigenvalue weighted by Gasteiger charge is -2.28. The zero-order valence-corrected chi connectivity index (χ0v) is 19.1. The van der Waals surface area contributed by atoms with Crippen LogP contribution in [0.25, 0.3) is 10.4 Å². The van der Waals surface area contributed by atoms with Gasteiger partial charge in [-0.25, -0.2) is 4.98 Å². The molecule has 30 heavy (non-hydrogen) atoms. The summed E-state index contributed by atoms with van der Waals surface area (Å²) < 4.78 is 0. The average Bonchev–Trinajstić information content (AvgIpc) is 3.26. The lowest BCUT2D eigenvalue weighted by molar-refractivity contribution is -0.140. The highest BCUT2D eigenvalue weighted by atomic mass is 32.1. The number of rotatable bonds is 5. The van der Waals surface area contributed by atoms with Gasteiger partial charge in [-0.2, -0.15) is 0 Å². The first-order chi connectivity index (χ1) is 14.0. The van der Waals surface area contributed by atoms with Crippen molar-refractivity contribution in [2.75, 3.05) is 6.54 Å². The summed E-state index contributed by atoms with van der Waals surface area (Å²) in [7, 11) is 0. The van der Waals surface area contributed by atoms with E-state index in [1.54, 1.807) is 11.3 Å². The summed E-state index contributed by atoms with van der Waals surface area (Å²) in [5.74, 6) is -0.306. The molecular formula is C23H31N3O3S. The Bertz CT molecular complexity index is 901. The molecule has 2 amide bonds. The molecule has 1 aromatic carbocycles. The van der Waals surface area contributed by atoms with Gasteiger partial charge in [0, 0.05) is 19.4 Å². The minimum Gasteiger partial charge on any atom is -0.391 e. The van der Waals surface area contributed by atoms with Crippen LogP contribution in [0.1, 0.15) is 57.8 Å². The molecule has 0 bridgehead atoms. The highest BCUT2D eigenvalue weighted by molar-refractivity contribution is 7.13. The van der Waals surface area contributed by atoms with Crippen LogP contribution in [0.4, 0.5) is 0 Å². The quantitative estimate of drug-likeness (QED) is 0.759. The number of β-amino-alcohol motifs (C(OH)–C–C–N with tert-alkyl or cyclic N) is 1. The molecule has 3 atom stereocenters. The number of hydrogen-bond donors (Lipinski definition) is 2. The van der Waals surface area contributed by atoms with Gasteiger partial charge in [0.25, 0.3) is 0 Å². The fraction of sp³-hybridized carbons (Fsp3) is 0.522. The molecule has 162 valence electrons. The number of likely N-dealkylation sites (tertiary alicyclic amines) is 1. The van der Waals surface area contributed by atoms with Crippen molar-refractivity contribution in [1.29, 1.82) is 0 Å². The maximum absolute atomic E-state index is 12.9. The van der Waals surface area contributed by atoms with Crippen LogP contribution >= 0.6 is 11.3 Å². The van der Waals surface area contributed by atoms with Crippen molar-refractivity contribution in [3.05, 3.63) is 41.0 Å². The molecule has 1 aliphatic heterocycles. The number of hydrogen-bond acceptors (Lipinski definition) is 5. The molecule has 2 N–H and O–H groups in total. The van der Waals surface area contributed by atoms with Crippen LogP contribution in [0.5, 0.6) is 0 Å².